The molecular weight excluding hydrogens is 198 g/mol. The molecule has 0 aliphatic heterocycles. The maximum atomic E-state index is 9.33. The molecule has 0 heterocycles. The van der Waals surface area contributed by atoms with Crippen molar-refractivity contribution in [2.24, 2.45) is 17.8 Å². The monoisotopic (exact) mass is 223 g/mol. The Labute approximate surface area is 98.8 Å². The van der Waals surface area contributed by atoms with E-state index in [-0.39, 0.29) is 6.10 Å². The van der Waals surface area contributed by atoms with E-state index in [0.717, 1.165) is 30.7 Å². The van der Waals surface area contributed by atoms with E-state index in [4.69, 9.17) is 0 Å². The number of aliphatic hydroxyl groups excluding tert-OH is 1. The molecule has 4 aliphatic rings. The third kappa shape index (κ3) is 2.02. The lowest BCUT2D eigenvalue weighted by molar-refractivity contribution is -0.0206. The third-order valence-corrected chi connectivity index (χ3v) is 5.10. The van der Waals surface area contributed by atoms with Crippen LogP contribution in [0.2, 0.25) is 0 Å². The van der Waals surface area contributed by atoms with Crippen LogP contribution in [0.15, 0.2) is 0 Å². The molecule has 4 fully saturated rings. The summed E-state index contributed by atoms with van der Waals surface area (Å²) in [5.74, 6) is 3.06. The van der Waals surface area contributed by atoms with E-state index < -0.39 is 0 Å². The van der Waals surface area contributed by atoms with Gasteiger partial charge in [-0.15, -0.1) is 0 Å². The summed E-state index contributed by atoms with van der Waals surface area (Å²) >= 11 is 0. The zero-order valence-electron chi connectivity index (χ0n) is 10.4. The van der Waals surface area contributed by atoms with Gasteiger partial charge < -0.3 is 10.4 Å². The third-order valence-electron chi connectivity index (χ3n) is 5.10. The lowest BCUT2D eigenvalue weighted by Gasteiger charge is -2.57. The van der Waals surface area contributed by atoms with Crippen molar-refractivity contribution in [3.63, 3.8) is 0 Å². The molecular formula is C14H25NO. The second-order valence-electron chi connectivity index (χ2n) is 6.76. The Morgan fingerprint density at radius 1 is 1.12 bits per heavy atom. The fraction of sp³-hybridized carbons (Fsp3) is 1.00. The topological polar surface area (TPSA) is 32.3 Å². The average Bonchev–Trinajstić information content (AvgIpc) is 2.13. The van der Waals surface area contributed by atoms with Crippen molar-refractivity contribution in [1.82, 2.24) is 5.32 Å². The molecule has 0 amide bonds. The summed E-state index contributed by atoms with van der Waals surface area (Å²) in [6.45, 7) is 2.89. The van der Waals surface area contributed by atoms with Crippen molar-refractivity contribution in [3.05, 3.63) is 0 Å². The summed E-state index contributed by atoms with van der Waals surface area (Å²) in [6.07, 6.45) is 9.53. The molecule has 0 saturated heterocycles. The van der Waals surface area contributed by atoms with E-state index in [2.05, 4.69) is 5.32 Å². The number of hydrogen-bond acceptors (Lipinski definition) is 2. The standard InChI is InChI=1S/C14H25NO/c1-10(16)2-3-15-14-7-11-4-12(8-14)6-13(5-11)9-14/h10-13,15-16H,2-9H2,1H3. The summed E-state index contributed by atoms with van der Waals surface area (Å²) in [7, 11) is 0. The first-order chi connectivity index (χ1) is 7.65. The second kappa shape index (κ2) is 3.99. The van der Waals surface area contributed by atoms with Gasteiger partial charge in [-0.3, -0.25) is 0 Å². The Balaban J connectivity index is 1.60. The molecule has 1 unspecified atom stereocenters. The minimum absolute atomic E-state index is 0.151. The molecule has 0 aromatic heterocycles. The Morgan fingerprint density at radius 3 is 2.06 bits per heavy atom. The van der Waals surface area contributed by atoms with Gasteiger partial charge in [0.05, 0.1) is 6.10 Å². The van der Waals surface area contributed by atoms with E-state index in [1.807, 2.05) is 6.92 Å². The van der Waals surface area contributed by atoms with Gasteiger partial charge in [-0.05, 0) is 76.2 Å². The van der Waals surface area contributed by atoms with Crippen molar-refractivity contribution in [2.45, 2.75) is 63.5 Å². The Morgan fingerprint density at radius 2 is 1.62 bits per heavy atom. The average molecular weight is 223 g/mol. The molecule has 16 heavy (non-hydrogen) atoms. The van der Waals surface area contributed by atoms with Crippen LogP contribution in [0.1, 0.15) is 51.9 Å². The molecule has 4 aliphatic carbocycles. The van der Waals surface area contributed by atoms with Gasteiger partial charge in [0.25, 0.3) is 0 Å². The molecule has 4 rings (SSSR count). The minimum atomic E-state index is -0.151. The van der Waals surface area contributed by atoms with Crippen molar-refractivity contribution in [2.75, 3.05) is 6.54 Å². The lowest BCUT2D eigenvalue weighted by Crippen LogP contribution is -2.58. The van der Waals surface area contributed by atoms with E-state index >= 15 is 0 Å². The summed E-state index contributed by atoms with van der Waals surface area (Å²) in [5, 5.41) is 13.1. The van der Waals surface area contributed by atoms with Gasteiger partial charge in [-0.2, -0.15) is 0 Å². The predicted octanol–water partition coefficient (Wildman–Crippen LogP) is 2.32. The van der Waals surface area contributed by atoms with Crippen LogP contribution in [-0.2, 0) is 0 Å². The first-order valence-corrected chi connectivity index (χ1v) is 7.08. The van der Waals surface area contributed by atoms with Gasteiger partial charge in [0, 0.05) is 5.54 Å². The summed E-state index contributed by atoms with van der Waals surface area (Å²) < 4.78 is 0. The zero-order chi connectivity index (χ0) is 11.2. The van der Waals surface area contributed by atoms with E-state index in [0.29, 0.717) is 5.54 Å². The first kappa shape index (κ1) is 11.0. The van der Waals surface area contributed by atoms with Gasteiger partial charge in [-0.1, -0.05) is 0 Å². The SMILES string of the molecule is CC(O)CCNC12CC3CC(CC(C3)C1)C2. The Hall–Kier alpha value is -0.0800. The molecule has 4 bridgehead atoms. The first-order valence-electron chi connectivity index (χ1n) is 7.08. The van der Waals surface area contributed by atoms with Crippen LogP contribution < -0.4 is 5.32 Å². The molecule has 2 heteroatoms. The predicted molar refractivity (Wildman–Crippen MR) is 65.2 cm³/mol. The van der Waals surface area contributed by atoms with Crippen LogP contribution >= 0.6 is 0 Å². The quantitative estimate of drug-likeness (QED) is 0.766. The van der Waals surface area contributed by atoms with Crippen molar-refractivity contribution in [1.29, 1.82) is 0 Å². The van der Waals surface area contributed by atoms with Gasteiger partial charge in [0.2, 0.25) is 0 Å². The van der Waals surface area contributed by atoms with Crippen LogP contribution in [0, 0.1) is 17.8 Å². The lowest BCUT2D eigenvalue weighted by atomic mass is 9.53. The number of nitrogens with one attached hydrogen (secondary N) is 1. The van der Waals surface area contributed by atoms with Crippen LogP contribution in [0.4, 0.5) is 0 Å². The highest BCUT2D eigenvalue weighted by atomic mass is 16.3. The van der Waals surface area contributed by atoms with E-state index in [1.54, 1.807) is 0 Å². The molecule has 0 aromatic rings. The maximum Gasteiger partial charge on any atom is 0.0524 e. The highest BCUT2D eigenvalue weighted by Gasteiger charge is 2.50. The minimum Gasteiger partial charge on any atom is -0.393 e. The smallest absolute Gasteiger partial charge is 0.0524 e. The summed E-state index contributed by atoms with van der Waals surface area (Å²) in [4.78, 5) is 0. The van der Waals surface area contributed by atoms with Crippen LogP contribution in [0.3, 0.4) is 0 Å². The Kier molecular flexibility index (Phi) is 2.75. The molecule has 2 nitrogen and oxygen atoms in total. The zero-order valence-corrected chi connectivity index (χ0v) is 10.4. The van der Waals surface area contributed by atoms with Gasteiger partial charge in [0.15, 0.2) is 0 Å². The highest BCUT2D eigenvalue weighted by Crippen LogP contribution is 2.55. The van der Waals surface area contributed by atoms with E-state index in [9.17, 15) is 5.11 Å². The largest absolute Gasteiger partial charge is 0.393 e. The van der Waals surface area contributed by atoms with Gasteiger partial charge in [0.1, 0.15) is 0 Å². The van der Waals surface area contributed by atoms with Crippen molar-refractivity contribution >= 4 is 0 Å². The highest BCUT2D eigenvalue weighted by molar-refractivity contribution is 5.06. The van der Waals surface area contributed by atoms with E-state index in [1.165, 1.54) is 38.5 Å². The maximum absolute atomic E-state index is 9.33. The number of aliphatic hydroxyl groups is 1. The Bertz CT molecular complexity index is 226. The normalized spacial score (nSPS) is 47.2. The summed E-state index contributed by atoms with van der Waals surface area (Å²) in [5.41, 5.74) is 0.476. The molecule has 92 valence electrons. The molecule has 4 saturated carbocycles. The van der Waals surface area contributed by atoms with Crippen molar-refractivity contribution in [3.8, 4) is 0 Å². The molecule has 1 atom stereocenters. The van der Waals surface area contributed by atoms with Crippen molar-refractivity contribution < 1.29 is 5.11 Å². The summed E-state index contributed by atoms with van der Waals surface area (Å²) in [6, 6.07) is 0. The fourth-order valence-corrected chi connectivity index (χ4v) is 4.87. The van der Waals surface area contributed by atoms with Crippen LogP contribution in [0.5, 0.6) is 0 Å². The fourth-order valence-electron chi connectivity index (χ4n) is 4.87. The molecule has 0 spiro atoms. The molecule has 2 N–H and O–H groups in total. The number of rotatable bonds is 4. The molecule has 0 aromatic carbocycles. The second-order valence-corrected chi connectivity index (χ2v) is 6.76. The van der Waals surface area contributed by atoms with Gasteiger partial charge >= 0.3 is 0 Å². The van der Waals surface area contributed by atoms with Gasteiger partial charge in [-0.25, -0.2) is 0 Å². The van der Waals surface area contributed by atoms with Crippen LogP contribution in [0.25, 0.3) is 0 Å². The molecule has 0 radical (unpaired) electrons. The van der Waals surface area contributed by atoms with Crippen LogP contribution in [-0.4, -0.2) is 23.3 Å². The number of hydrogen-bond donors (Lipinski definition) is 2.